The van der Waals surface area contributed by atoms with Gasteiger partial charge in [0.05, 0.1) is 26.4 Å². The Hall–Kier alpha value is -1.79. The van der Waals surface area contributed by atoms with Crippen LogP contribution >= 0.6 is 0 Å². The van der Waals surface area contributed by atoms with Gasteiger partial charge in [0.25, 0.3) is 5.91 Å². The molecule has 2 atom stereocenters. The van der Waals surface area contributed by atoms with E-state index < -0.39 is 0 Å². The van der Waals surface area contributed by atoms with Crippen LogP contribution in [0.25, 0.3) is 0 Å². The Labute approximate surface area is 173 Å². The SMILES string of the molecule is O=C(c1ccc2c(c1)OCCCO2)N1CCO[C@]2(CCCC[C@H]2N2CCCC2)C1. The van der Waals surface area contributed by atoms with Crippen LogP contribution in [0.3, 0.4) is 0 Å². The Morgan fingerprint density at radius 1 is 0.931 bits per heavy atom. The van der Waals surface area contributed by atoms with Crippen molar-refractivity contribution in [1.82, 2.24) is 9.80 Å². The van der Waals surface area contributed by atoms with E-state index in [4.69, 9.17) is 14.2 Å². The molecule has 1 spiro atoms. The van der Waals surface area contributed by atoms with Gasteiger partial charge in [-0.1, -0.05) is 12.8 Å². The molecule has 29 heavy (non-hydrogen) atoms. The summed E-state index contributed by atoms with van der Waals surface area (Å²) in [6.07, 6.45) is 8.13. The molecule has 1 aliphatic carbocycles. The number of fused-ring (bicyclic) bond motifs is 1. The summed E-state index contributed by atoms with van der Waals surface area (Å²) < 4.78 is 18.0. The highest BCUT2D eigenvalue weighted by Gasteiger charge is 2.48. The molecule has 158 valence electrons. The summed E-state index contributed by atoms with van der Waals surface area (Å²) in [7, 11) is 0. The van der Waals surface area contributed by atoms with E-state index in [1.807, 2.05) is 23.1 Å². The van der Waals surface area contributed by atoms with Crippen molar-refractivity contribution in [2.45, 2.75) is 56.6 Å². The van der Waals surface area contributed by atoms with Crippen LogP contribution in [-0.4, -0.2) is 73.3 Å². The molecule has 0 unspecified atom stereocenters. The number of amides is 1. The zero-order valence-electron chi connectivity index (χ0n) is 17.2. The lowest BCUT2D eigenvalue weighted by atomic mass is 9.78. The smallest absolute Gasteiger partial charge is 0.254 e. The molecule has 1 amide bonds. The molecule has 0 aromatic heterocycles. The molecule has 3 aliphatic heterocycles. The van der Waals surface area contributed by atoms with Crippen molar-refractivity contribution in [3.63, 3.8) is 0 Å². The van der Waals surface area contributed by atoms with E-state index >= 15 is 0 Å². The summed E-state index contributed by atoms with van der Waals surface area (Å²) in [5.41, 5.74) is 0.474. The first-order valence-electron chi connectivity index (χ1n) is 11.3. The molecule has 0 radical (unpaired) electrons. The number of rotatable bonds is 2. The van der Waals surface area contributed by atoms with Gasteiger partial charge in [-0.25, -0.2) is 0 Å². The standard InChI is InChI=1S/C23H32N2O4/c26-22(18-7-8-19-20(16-18)28-14-5-13-27-19)25-12-15-29-23(17-25)9-2-1-6-21(23)24-10-3-4-11-24/h7-8,16,21H,1-6,9-15,17H2/t21-,23-/m1/s1. The quantitative estimate of drug-likeness (QED) is 0.764. The van der Waals surface area contributed by atoms with Crippen molar-refractivity contribution in [3.8, 4) is 11.5 Å². The highest BCUT2D eigenvalue weighted by molar-refractivity contribution is 5.95. The van der Waals surface area contributed by atoms with Crippen LogP contribution < -0.4 is 9.47 Å². The van der Waals surface area contributed by atoms with Gasteiger partial charge in [-0.3, -0.25) is 9.69 Å². The number of likely N-dealkylation sites (tertiary alicyclic amines) is 1. The van der Waals surface area contributed by atoms with Crippen LogP contribution in [0.1, 0.15) is 55.3 Å². The average molecular weight is 401 g/mol. The summed E-state index contributed by atoms with van der Waals surface area (Å²) in [4.78, 5) is 18.0. The van der Waals surface area contributed by atoms with Crippen LogP contribution in [0, 0.1) is 0 Å². The van der Waals surface area contributed by atoms with Crippen molar-refractivity contribution in [2.75, 3.05) is 46.0 Å². The minimum atomic E-state index is -0.207. The lowest BCUT2D eigenvalue weighted by Crippen LogP contribution is -2.64. The van der Waals surface area contributed by atoms with Gasteiger partial charge in [0.1, 0.15) is 5.60 Å². The van der Waals surface area contributed by atoms with E-state index in [0.717, 1.165) is 18.6 Å². The Morgan fingerprint density at radius 2 is 1.76 bits per heavy atom. The fourth-order valence-corrected chi connectivity index (χ4v) is 5.57. The molecule has 2 saturated heterocycles. The van der Waals surface area contributed by atoms with Crippen LogP contribution in [0.5, 0.6) is 11.5 Å². The van der Waals surface area contributed by atoms with Crippen molar-refractivity contribution in [1.29, 1.82) is 0 Å². The van der Waals surface area contributed by atoms with Crippen LogP contribution in [0.15, 0.2) is 18.2 Å². The first kappa shape index (κ1) is 19.2. The maximum absolute atomic E-state index is 13.4. The van der Waals surface area contributed by atoms with E-state index in [2.05, 4.69) is 4.90 Å². The van der Waals surface area contributed by atoms with E-state index in [-0.39, 0.29) is 11.5 Å². The lowest BCUT2D eigenvalue weighted by molar-refractivity contribution is -0.156. The number of ether oxygens (including phenoxy) is 3. The van der Waals surface area contributed by atoms with E-state index in [0.29, 0.717) is 50.3 Å². The van der Waals surface area contributed by atoms with Gasteiger partial charge in [0.15, 0.2) is 11.5 Å². The van der Waals surface area contributed by atoms with E-state index in [1.54, 1.807) is 0 Å². The van der Waals surface area contributed by atoms with E-state index in [9.17, 15) is 4.79 Å². The summed E-state index contributed by atoms with van der Waals surface area (Å²) in [5.74, 6) is 1.50. The molecule has 3 heterocycles. The maximum Gasteiger partial charge on any atom is 0.254 e. The Kier molecular flexibility index (Phi) is 5.39. The molecule has 3 fully saturated rings. The maximum atomic E-state index is 13.4. The third-order valence-corrected chi connectivity index (χ3v) is 7.01. The molecule has 1 aromatic carbocycles. The Balaban J connectivity index is 1.36. The highest BCUT2D eigenvalue weighted by atomic mass is 16.5. The minimum absolute atomic E-state index is 0.0778. The molecule has 0 bridgehead atoms. The van der Waals surface area contributed by atoms with Gasteiger partial charge in [-0.05, 0) is 57.0 Å². The predicted molar refractivity (Wildman–Crippen MR) is 110 cm³/mol. The molecule has 0 N–H and O–H groups in total. The topological polar surface area (TPSA) is 51.2 Å². The minimum Gasteiger partial charge on any atom is -0.490 e. The normalized spacial score (nSPS) is 30.3. The van der Waals surface area contributed by atoms with Crippen LogP contribution in [0.4, 0.5) is 0 Å². The molecule has 5 rings (SSSR count). The Morgan fingerprint density at radius 3 is 2.62 bits per heavy atom. The van der Waals surface area contributed by atoms with Gasteiger partial charge in [0, 0.05) is 24.6 Å². The van der Waals surface area contributed by atoms with Crippen molar-refractivity contribution < 1.29 is 19.0 Å². The Bertz CT molecular complexity index is 744. The predicted octanol–water partition coefficient (Wildman–Crippen LogP) is 3.10. The third kappa shape index (κ3) is 3.73. The molecule has 1 aromatic rings. The molecular weight excluding hydrogens is 368 g/mol. The van der Waals surface area contributed by atoms with Crippen molar-refractivity contribution in [3.05, 3.63) is 23.8 Å². The fourth-order valence-electron chi connectivity index (χ4n) is 5.57. The average Bonchev–Trinajstić information content (AvgIpc) is 3.18. The summed E-state index contributed by atoms with van der Waals surface area (Å²) in [6, 6.07) is 6.04. The number of hydrogen-bond donors (Lipinski definition) is 0. The number of hydrogen-bond acceptors (Lipinski definition) is 5. The zero-order valence-corrected chi connectivity index (χ0v) is 17.2. The van der Waals surface area contributed by atoms with Gasteiger partial charge in [0.2, 0.25) is 0 Å². The molecule has 6 nitrogen and oxygen atoms in total. The zero-order chi connectivity index (χ0) is 19.7. The molecule has 1 saturated carbocycles. The van der Waals surface area contributed by atoms with Crippen molar-refractivity contribution >= 4 is 5.91 Å². The number of carbonyl (C=O) groups is 1. The largest absolute Gasteiger partial charge is 0.490 e. The highest BCUT2D eigenvalue weighted by Crippen LogP contribution is 2.39. The molecular formula is C23H32N2O4. The van der Waals surface area contributed by atoms with Gasteiger partial charge in [-0.2, -0.15) is 0 Å². The summed E-state index contributed by atoms with van der Waals surface area (Å²) >= 11 is 0. The first-order valence-corrected chi connectivity index (χ1v) is 11.3. The molecule has 4 aliphatic rings. The van der Waals surface area contributed by atoms with Gasteiger partial charge in [-0.15, -0.1) is 0 Å². The van der Waals surface area contributed by atoms with Crippen LogP contribution in [-0.2, 0) is 4.74 Å². The monoisotopic (exact) mass is 400 g/mol. The van der Waals surface area contributed by atoms with Crippen LogP contribution in [0.2, 0.25) is 0 Å². The lowest BCUT2D eigenvalue weighted by Gasteiger charge is -2.52. The number of morpholine rings is 1. The second kappa shape index (κ2) is 8.15. The van der Waals surface area contributed by atoms with Gasteiger partial charge >= 0.3 is 0 Å². The van der Waals surface area contributed by atoms with Gasteiger partial charge < -0.3 is 19.1 Å². The third-order valence-electron chi connectivity index (χ3n) is 7.01. The van der Waals surface area contributed by atoms with Crippen molar-refractivity contribution in [2.24, 2.45) is 0 Å². The summed E-state index contributed by atoms with van der Waals surface area (Å²) in [6.45, 7) is 5.61. The summed E-state index contributed by atoms with van der Waals surface area (Å²) in [5, 5.41) is 0. The van der Waals surface area contributed by atoms with E-state index in [1.165, 1.54) is 45.2 Å². The second-order valence-corrected chi connectivity index (χ2v) is 8.86. The second-order valence-electron chi connectivity index (χ2n) is 8.86. The number of carbonyl (C=O) groups excluding carboxylic acids is 1. The molecule has 6 heteroatoms. The first-order chi connectivity index (χ1) is 14.3. The number of nitrogens with zero attached hydrogens (tertiary/aromatic N) is 2. The fraction of sp³-hybridized carbons (Fsp3) is 0.696. The number of benzene rings is 1.